The van der Waals surface area contributed by atoms with Gasteiger partial charge in [0.15, 0.2) is 0 Å². The molecule has 1 heterocycles. The van der Waals surface area contributed by atoms with Crippen LogP contribution in [0.25, 0.3) is 0 Å². The van der Waals surface area contributed by atoms with E-state index >= 15 is 0 Å². The Bertz CT molecular complexity index is 533. The summed E-state index contributed by atoms with van der Waals surface area (Å²) >= 11 is 8.23. The molecule has 7 heteroatoms. The topological polar surface area (TPSA) is 46.2 Å². The lowest BCUT2D eigenvalue weighted by Gasteiger charge is -2.27. The second kappa shape index (κ2) is 5.52. The van der Waals surface area contributed by atoms with Gasteiger partial charge in [0.25, 0.3) is 0 Å². The molecular weight excluding hydrogens is 402 g/mol. The molecule has 0 spiro atoms. The lowest BCUT2D eigenvalue weighted by atomic mass is 10.0. The van der Waals surface area contributed by atoms with Crippen LogP contribution in [-0.2, 0) is 10.0 Å². The van der Waals surface area contributed by atoms with Gasteiger partial charge in [-0.05, 0) is 41.8 Å². The lowest BCUT2D eigenvalue weighted by Crippen LogP contribution is -2.47. The zero-order chi connectivity index (χ0) is 13.4. The van der Waals surface area contributed by atoms with Crippen LogP contribution in [0.15, 0.2) is 14.7 Å². The molecule has 0 atom stereocenters. The van der Waals surface area contributed by atoms with Crippen molar-refractivity contribution in [2.45, 2.75) is 43.0 Å². The van der Waals surface area contributed by atoms with E-state index in [1.807, 2.05) is 6.92 Å². The molecule has 1 aromatic rings. The highest BCUT2D eigenvalue weighted by Gasteiger charge is 2.37. The number of nitrogens with one attached hydrogen (secondary N) is 1. The fraction of sp³-hybridized carbons (Fsp3) is 0.636. The monoisotopic (exact) mass is 415 g/mol. The van der Waals surface area contributed by atoms with Crippen LogP contribution in [0, 0.1) is 6.92 Å². The maximum Gasteiger partial charge on any atom is 0.242 e. The van der Waals surface area contributed by atoms with Gasteiger partial charge in [0.2, 0.25) is 10.0 Å². The highest BCUT2D eigenvalue weighted by Crippen LogP contribution is 2.35. The van der Waals surface area contributed by atoms with Gasteiger partial charge in [-0.2, -0.15) is 0 Å². The summed E-state index contributed by atoms with van der Waals surface area (Å²) in [6, 6.07) is 1.68. The van der Waals surface area contributed by atoms with E-state index in [1.165, 1.54) is 11.3 Å². The van der Waals surface area contributed by atoms with Gasteiger partial charge in [-0.25, -0.2) is 13.1 Å². The number of sulfonamides is 1. The summed E-state index contributed by atoms with van der Waals surface area (Å²) in [5, 5.41) is 0.670. The second-order valence-electron chi connectivity index (χ2n) is 4.70. The van der Waals surface area contributed by atoms with Crippen molar-refractivity contribution < 1.29 is 8.42 Å². The molecule has 2 rings (SSSR count). The van der Waals surface area contributed by atoms with Crippen molar-refractivity contribution in [2.24, 2.45) is 0 Å². The van der Waals surface area contributed by atoms with Gasteiger partial charge in [-0.15, -0.1) is 11.3 Å². The Kier molecular flexibility index (Phi) is 4.59. The Morgan fingerprint density at radius 1 is 1.44 bits per heavy atom. The molecule has 102 valence electrons. The zero-order valence-corrected chi connectivity index (χ0v) is 14.8. The minimum Gasteiger partial charge on any atom is -0.207 e. The summed E-state index contributed by atoms with van der Waals surface area (Å²) in [5.41, 5.74) is -0.306. The Labute approximate surface area is 129 Å². The first-order valence-electron chi connectivity index (χ1n) is 5.74. The summed E-state index contributed by atoms with van der Waals surface area (Å²) in [4.78, 5) is 1.21. The number of alkyl halides is 1. The van der Waals surface area contributed by atoms with Crippen molar-refractivity contribution >= 4 is 53.2 Å². The van der Waals surface area contributed by atoms with Gasteiger partial charge >= 0.3 is 0 Å². The predicted octanol–water partition coefficient (Wildman–Crippen LogP) is 3.81. The lowest BCUT2D eigenvalue weighted by molar-refractivity contribution is 0.438. The summed E-state index contributed by atoms with van der Waals surface area (Å²) in [6.45, 7) is 1.83. The fourth-order valence-electron chi connectivity index (χ4n) is 2.35. The van der Waals surface area contributed by atoms with Crippen molar-refractivity contribution in [3.8, 4) is 0 Å². The van der Waals surface area contributed by atoms with Crippen LogP contribution in [0.4, 0.5) is 0 Å². The third-order valence-corrected chi connectivity index (χ3v) is 7.76. The van der Waals surface area contributed by atoms with Gasteiger partial charge in [-0.3, -0.25) is 0 Å². The first kappa shape index (κ1) is 15.0. The molecule has 0 unspecified atom stereocenters. The SMILES string of the molecule is Cc1sc(Br)cc1S(=O)(=O)NC1(CBr)CCCC1. The van der Waals surface area contributed by atoms with Crippen molar-refractivity contribution in [1.29, 1.82) is 0 Å². The van der Waals surface area contributed by atoms with Crippen LogP contribution in [0.1, 0.15) is 30.6 Å². The van der Waals surface area contributed by atoms with Gasteiger partial charge in [0.1, 0.15) is 0 Å². The van der Waals surface area contributed by atoms with E-state index in [0.717, 1.165) is 34.3 Å². The maximum atomic E-state index is 12.4. The zero-order valence-electron chi connectivity index (χ0n) is 10.0. The van der Waals surface area contributed by atoms with Crippen LogP contribution >= 0.6 is 43.2 Å². The minimum atomic E-state index is -3.42. The largest absolute Gasteiger partial charge is 0.242 e. The first-order valence-corrected chi connectivity index (χ1v) is 9.96. The van der Waals surface area contributed by atoms with Crippen LogP contribution in [0.2, 0.25) is 0 Å². The summed E-state index contributed by atoms with van der Waals surface area (Å²) in [5.74, 6) is 0. The van der Waals surface area contributed by atoms with E-state index < -0.39 is 10.0 Å². The van der Waals surface area contributed by atoms with Crippen molar-refractivity contribution in [3.63, 3.8) is 0 Å². The molecule has 18 heavy (non-hydrogen) atoms. The third-order valence-electron chi connectivity index (χ3n) is 3.30. The van der Waals surface area contributed by atoms with Crippen molar-refractivity contribution in [3.05, 3.63) is 14.7 Å². The summed E-state index contributed by atoms with van der Waals surface area (Å²) in [6.07, 6.45) is 3.98. The average Bonchev–Trinajstić information content (AvgIpc) is 2.86. The fourth-order valence-corrected chi connectivity index (χ4v) is 7.11. The summed E-state index contributed by atoms with van der Waals surface area (Å²) < 4.78 is 28.6. The van der Waals surface area contributed by atoms with Gasteiger partial charge in [-0.1, -0.05) is 28.8 Å². The molecule has 1 N–H and O–H groups in total. The molecule has 0 bridgehead atoms. The average molecular weight is 417 g/mol. The quantitative estimate of drug-likeness (QED) is 0.758. The van der Waals surface area contributed by atoms with Gasteiger partial charge < -0.3 is 0 Å². The molecule has 0 radical (unpaired) electrons. The number of hydrogen-bond acceptors (Lipinski definition) is 3. The second-order valence-corrected chi connectivity index (χ2v) is 9.54. The number of aryl methyl sites for hydroxylation is 1. The number of thiophene rings is 1. The summed E-state index contributed by atoms with van der Waals surface area (Å²) in [7, 11) is -3.42. The third kappa shape index (κ3) is 3.00. The molecule has 3 nitrogen and oxygen atoms in total. The molecule has 1 aliphatic rings. The van der Waals surface area contributed by atoms with Crippen LogP contribution in [0.3, 0.4) is 0 Å². The smallest absolute Gasteiger partial charge is 0.207 e. The highest BCUT2D eigenvalue weighted by atomic mass is 79.9. The van der Waals surface area contributed by atoms with Crippen LogP contribution in [-0.4, -0.2) is 19.3 Å². The van der Waals surface area contributed by atoms with E-state index in [1.54, 1.807) is 6.07 Å². The Balaban J connectivity index is 2.29. The highest BCUT2D eigenvalue weighted by molar-refractivity contribution is 9.11. The van der Waals surface area contributed by atoms with Crippen molar-refractivity contribution in [1.82, 2.24) is 4.72 Å². The van der Waals surface area contributed by atoms with Crippen molar-refractivity contribution in [2.75, 3.05) is 5.33 Å². The number of halogens is 2. The molecule has 0 amide bonds. The molecule has 1 fully saturated rings. The number of rotatable bonds is 4. The van der Waals surface area contributed by atoms with Crippen LogP contribution in [0.5, 0.6) is 0 Å². The molecule has 1 aliphatic carbocycles. The van der Waals surface area contributed by atoms with Gasteiger partial charge in [0.05, 0.1) is 8.68 Å². The predicted molar refractivity (Wildman–Crippen MR) is 82.1 cm³/mol. The van der Waals surface area contributed by atoms with E-state index in [9.17, 15) is 8.42 Å². The molecular formula is C11H15Br2NO2S2. The van der Waals surface area contributed by atoms with E-state index in [0.29, 0.717) is 10.2 Å². The van der Waals surface area contributed by atoms with E-state index in [2.05, 4.69) is 36.6 Å². The Hall–Kier alpha value is 0.570. The Morgan fingerprint density at radius 2 is 2.06 bits per heavy atom. The standard InChI is InChI=1S/C11H15Br2NO2S2/c1-8-9(6-10(13)17-8)18(15,16)14-11(7-12)4-2-3-5-11/h6,14H,2-5,7H2,1H3. The molecule has 0 aromatic carbocycles. The van der Waals surface area contributed by atoms with E-state index in [4.69, 9.17) is 0 Å². The van der Waals surface area contributed by atoms with Gasteiger partial charge in [0, 0.05) is 15.7 Å². The first-order chi connectivity index (χ1) is 8.38. The normalized spacial score (nSPS) is 19.3. The number of hydrogen-bond donors (Lipinski definition) is 1. The molecule has 1 aromatic heterocycles. The van der Waals surface area contributed by atoms with Crippen LogP contribution < -0.4 is 4.72 Å². The van der Waals surface area contributed by atoms with E-state index in [-0.39, 0.29) is 5.54 Å². The molecule has 0 aliphatic heterocycles. The minimum absolute atomic E-state index is 0.306. The molecule has 1 saturated carbocycles. The maximum absolute atomic E-state index is 12.4. The molecule has 0 saturated heterocycles. The Morgan fingerprint density at radius 3 is 2.50 bits per heavy atom.